The summed E-state index contributed by atoms with van der Waals surface area (Å²) in [5.41, 5.74) is 2.96. The lowest BCUT2D eigenvalue weighted by Gasteiger charge is -2.38. The molecular formula is C30H37FN2O3. The molecule has 0 unspecified atom stereocenters. The van der Waals surface area contributed by atoms with E-state index in [4.69, 9.17) is 4.74 Å². The number of carbonyl (C=O) groups is 2. The van der Waals surface area contributed by atoms with Gasteiger partial charge in [-0.1, -0.05) is 51.0 Å². The van der Waals surface area contributed by atoms with Gasteiger partial charge in [0.2, 0.25) is 5.91 Å². The van der Waals surface area contributed by atoms with Crippen LogP contribution in [0, 0.1) is 5.82 Å². The highest BCUT2D eigenvalue weighted by Gasteiger charge is 2.34. The van der Waals surface area contributed by atoms with Crippen molar-refractivity contribution in [3.8, 4) is 5.75 Å². The van der Waals surface area contributed by atoms with Crippen LogP contribution in [-0.4, -0.2) is 46.8 Å². The zero-order valence-electron chi connectivity index (χ0n) is 21.4. The summed E-state index contributed by atoms with van der Waals surface area (Å²) in [7, 11) is 0. The minimum atomic E-state index is -0.593. The number of fused-ring (bicyclic) bond motifs is 1. The van der Waals surface area contributed by atoms with Crippen molar-refractivity contribution in [2.75, 3.05) is 13.1 Å². The molecule has 4 rings (SSSR count). The molecule has 0 N–H and O–H groups in total. The number of amides is 2. The van der Waals surface area contributed by atoms with Crippen LogP contribution in [0.25, 0.3) is 0 Å². The summed E-state index contributed by atoms with van der Waals surface area (Å²) >= 11 is 0. The smallest absolute Gasteiger partial charge is 0.264 e. The van der Waals surface area contributed by atoms with Crippen LogP contribution in [0.15, 0.2) is 55.1 Å². The van der Waals surface area contributed by atoms with Crippen molar-refractivity contribution < 1.29 is 18.7 Å². The zero-order valence-corrected chi connectivity index (χ0v) is 21.4. The molecule has 0 spiro atoms. The quantitative estimate of drug-likeness (QED) is 0.414. The van der Waals surface area contributed by atoms with Gasteiger partial charge in [0.1, 0.15) is 11.6 Å². The van der Waals surface area contributed by atoms with Crippen molar-refractivity contribution in [1.82, 2.24) is 9.80 Å². The highest BCUT2D eigenvalue weighted by molar-refractivity contribution is 5.82. The van der Waals surface area contributed by atoms with Gasteiger partial charge >= 0.3 is 0 Å². The Hall–Kier alpha value is -3.15. The molecule has 2 atom stereocenters. The van der Waals surface area contributed by atoms with E-state index >= 15 is 0 Å². The number of benzene rings is 2. The van der Waals surface area contributed by atoms with Gasteiger partial charge in [0.15, 0.2) is 6.10 Å². The second-order valence-electron chi connectivity index (χ2n) is 9.74. The lowest BCUT2D eigenvalue weighted by molar-refractivity contribution is -0.140. The first kappa shape index (κ1) is 25.9. The third kappa shape index (κ3) is 5.48. The average Bonchev–Trinajstić information content (AvgIpc) is 3.44. The molecular weight excluding hydrogens is 455 g/mol. The predicted octanol–water partition coefficient (Wildman–Crippen LogP) is 5.82. The summed E-state index contributed by atoms with van der Waals surface area (Å²) in [4.78, 5) is 30.2. The number of ether oxygens (including phenoxy) is 1. The minimum absolute atomic E-state index is 0.0000995. The van der Waals surface area contributed by atoms with E-state index in [1.165, 1.54) is 12.1 Å². The van der Waals surface area contributed by atoms with Crippen molar-refractivity contribution in [3.63, 3.8) is 0 Å². The van der Waals surface area contributed by atoms with Gasteiger partial charge in [-0.25, -0.2) is 4.39 Å². The summed E-state index contributed by atoms with van der Waals surface area (Å²) in [5.74, 6) is 0.354. The zero-order chi connectivity index (χ0) is 25.7. The van der Waals surface area contributed by atoms with Crippen LogP contribution < -0.4 is 4.74 Å². The number of halogens is 1. The van der Waals surface area contributed by atoms with Gasteiger partial charge < -0.3 is 14.5 Å². The van der Waals surface area contributed by atoms with Gasteiger partial charge in [-0.15, -0.1) is 6.58 Å². The molecule has 0 radical (unpaired) electrons. The van der Waals surface area contributed by atoms with Gasteiger partial charge in [0.25, 0.3) is 5.91 Å². The van der Waals surface area contributed by atoms with Gasteiger partial charge in [0.05, 0.1) is 6.04 Å². The van der Waals surface area contributed by atoms with Gasteiger partial charge in [-0.05, 0) is 66.6 Å². The standard InChI is InChI=1S/C30H37FN2O3/c1-4-18-32(24-9-7-8-10-24)30(35)27(5-2)36-25-16-13-21-17-19-33(28(34)6-3)29(26(21)20-25)22-11-14-23(31)15-12-22/h4,11-16,20,24,27,29H,1,5-10,17-19H2,2-3H3/t27-,29+/m0/s1. The fraction of sp³-hybridized carbons (Fsp3) is 0.467. The second-order valence-corrected chi connectivity index (χ2v) is 9.74. The SMILES string of the molecule is C=CCN(C(=O)[C@H](CC)Oc1ccc2c(c1)[C@@H](c1ccc(F)cc1)N(C(=O)CC)CC2)C1CCCC1. The van der Waals surface area contributed by atoms with Crippen LogP contribution >= 0.6 is 0 Å². The maximum atomic E-state index is 13.7. The lowest BCUT2D eigenvalue weighted by atomic mass is 9.87. The number of rotatable bonds is 9. The Labute approximate surface area is 213 Å². The molecule has 5 nitrogen and oxygen atoms in total. The normalized spacial score (nSPS) is 18.4. The highest BCUT2D eigenvalue weighted by atomic mass is 19.1. The summed E-state index contributed by atoms with van der Waals surface area (Å²) < 4.78 is 20.0. The third-order valence-corrected chi connectivity index (χ3v) is 7.45. The van der Waals surface area contributed by atoms with Crippen LogP contribution in [0.5, 0.6) is 5.75 Å². The van der Waals surface area contributed by atoms with Crippen molar-refractivity contribution in [3.05, 3.63) is 77.6 Å². The average molecular weight is 493 g/mol. The summed E-state index contributed by atoms with van der Waals surface area (Å²) in [5, 5.41) is 0. The molecule has 2 aromatic carbocycles. The molecule has 2 aromatic rings. The van der Waals surface area contributed by atoms with Crippen LogP contribution in [-0.2, 0) is 16.0 Å². The predicted molar refractivity (Wildman–Crippen MR) is 139 cm³/mol. The fourth-order valence-electron chi connectivity index (χ4n) is 5.57. The first-order chi connectivity index (χ1) is 17.5. The highest BCUT2D eigenvalue weighted by Crippen LogP contribution is 2.38. The van der Waals surface area contributed by atoms with E-state index in [9.17, 15) is 14.0 Å². The van der Waals surface area contributed by atoms with E-state index in [0.717, 1.165) is 48.8 Å². The van der Waals surface area contributed by atoms with Crippen molar-refractivity contribution in [2.24, 2.45) is 0 Å². The molecule has 0 aromatic heterocycles. The van der Waals surface area contributed by atoms with Crippen LogP contribution in [0.4, 0.5) is 4.39 Å². The molecule has 1 saturated carbocycles. The largest absolute Gasteiger partial charge is 0.481 e. The van der Waals surface area contributed by atoms with Gasteiger partial charge in [0, 0.05) is 25.6 Å². The van der Waals surface area contributed by atoms with Crippen molar-refractivity contribution >= 4 is 11.8 Å². The molecule has 1 aliphatic carbocycles. The first-order valence-corrected chi connectivity index (χ1v) is 13.2. The van der Waals surface area contributed by atoms with Crippen LogP contribution in [0.1, 0.15) is 75.1 Å². The van der Waals surface area contributed by atoms with E-state index < -0.39 is 6.10 Å². The first-order valence-electron chi connectivity index (χ1n) is 13.2. The molecule has 6 heteroatoms. The molecule has 2 aliphatic rings. The van der Waals surface area contributed by atoms with E-state index in [0.29, 0.717) is 31.7 Å². The molecule has 1 heterocycles. The van der Waals surface area contributed by atoms with E-state index in [1.807, 2.05) is 41.8 Å². The third-order valence-electron chi connectivity index (χ3n) is 7.45. The number of hydrogen-bond acceptors (Lipinski definition) is 3. The summed E-state index contributed by atoms with van der Waals surface area (Å²) in [6, 6.07) is 12.2. The summed E-state index contributed by atoms with van der Waals surface area (Å²) in [6.45, 7) is 8.80. The maximum Gasteiger partial charge on any atom is 0.264 e. The Morgan fingerprint density at radius 2 is 1.89 bits per heavy atom. The van der Waals surface area contributed by atoms with Gasteiger partial charge in [-0.3, -0.25) is 9.59 Å². The number of nitrogens with zero attached hydrogens (tertiary/aromatic N) is 2. The van der Waals surface area contributed by atoms with Crippen LogP contribution in [0.3, 0.4) is 0 Å². The van der Waals surface area contributed by atoms with Crippen LogP contribution in [0.2, 0.25) is 0 Å². The van der Waals surface area contributed by atoms with E-state index in [1.54, 1.807) is 18.2 Å². The molecule has 0 bridgehead atoms. The Bertz CT molecular complexity index is 1080. The molecule has 2 amide bonds. The van der Waals surface area contributed by atoms with E-state index in [-0.39, 0.29) is 29.7 Å². The second kappa shape index (κ2) is 11.7. The molecule has 1 aliphatic heterocycles. The topological polar surface area (TPSA) is 49.9 Å². The Morgan fingerprint density at radius 1 is 1.17 bits per heavy atom. The Morgan fingerprint density at radius 3 is 2.53 bits per heavy atom. The Balaban J connectivity index is 1.64. The lowest BCUT2D eigenvalue weighted by Crippen LogP contribution is -2.46. The molecule has 1 fully saturated rings. The minimum Gasteiger partial charge on any atom is -0.481 e. The number of carbonyl (C=O) groups excluding carboxylic acids is 2. The van der Waals surface area contributed by atoms with E-state index in [2.05, 4.69) is 6.58 Å². The van der Waals surface area contributed by atoms with Gasteiger partial charge in [-0.2, -0.15) is 0 Å². The number of hydrogen-bond donors (Lipinski definition) is 0. The van der Waals surface area contributed by atoms with Crippen molar-refractivity contribution in [1.29, 1.82) is 0 Å². The molecule has 192 valence electrons. The Kier molecular flexibility index (Phi) is 8.44. The maximum absolute atomic E-state index is 13.7. The fourth-order valence-corrected chi connectivity index (χ4v) is 5.57. The van der Waals surface area contributed by atoms with Crippen molar-refractivity contribution in [2.45, 2.75) is 77.0 Å². The molecule has 0 saturated heterocycles. The summed E-state index contributed by atoms with van der Waals surface area (Å²) in [6.07, 6.45) is 7.22. The monoisotopic (exact) mass is 492 g/mol. The molecule has 36 heavy (non-hydrogen) atoms.